The van der Waals surface area contributed by atoms with Crippen LogP contribution >= 0.6 is 23.2 Å². The standard InChI is InChI=1S/C23H28Cl2N6O/c1-28-10-12-29(13-11-28)21-17-15-31(22(32)16-4-5-18(24)19(25)14-16)9-6-20(17)26-23(27-21)30-7-2-3-8-30/h4-5,14H,2-3,6-13,15H2,1H3. The summed E-state index contributed by atoms with van der Waals surface area (Å²) in [4.78, 5) is 32.1. The third-order valence-corrected chi connectivity index (χ3v) is 7.41. The predicted octanol–water partition coefficient (Wildman–Crippen LogP) is 3.33. The van der Waals surface area contributed by atoms with Gasteiger partial charge in [-0.15, -0.1) is 0 Å². The summed E-state index contributed by atoms with van der Waals surface area (Å²) in [5, 5.41) is 0.846. The van der Waals surface area contributed by atoms with E-state index in [1.54, 1.807) is 18.2 Å². The second-order valence-electron chi connectivity index (χ2n) is 8.86. The average molecular weight is 475 g/mol. The quantitative estimate of drug-likeness (QED) is 0.679. The van der Waals surface area contributed by atoms with Crippen LogP contribution in [0.5, 0.6) is 0 Å². The van der Waals surface area contributed by atoms with Crippen molar-refractivity contribution in [1.29, 1.82) is 0 Å². The molecule has 3 aliphatic heterocycles. The van der Waals surface area contributed by atoms with Crippen LogP contribution in [0.25, 0.3) is 0 Å². The van der Waals surface area contributed by atoms with Gasteiger partial charge >= 0.3 is 0 Å². The number of piperazine rings is 1. The summed E-state index contributed by atoms with van der Waals surface area (Å²) in [5.74, 6) is 1.80. The molecule has 2 saturated heterocycles. The molecule has 2 aromatic rings. The summed E-state index contributed by atoms with van der Waals surface area (Å²) < 4.78 is 0. The van der Waals surface area contributed by atoms with Crippen molar-refractivity contribution in [1.82, 2.24) is 19.8 Å². The highest BCUT2D eigenvalue weighted by molar-refractivity contribution is 6.42. The van der Waals surface area contributed by atoms with Crippen LogP contribution in [0.15, 0.2) is 18.2 Å². The maximum Gasteiger partial charge on any atom is 0.254 e. The Kier molecular flexibility index (Phi) is 6.14. The number of likely N-dealkylation sites (N-methyl/N-ethyl adjacent to an activating group) is 1. The normalized spacial score (nSPS) is 19.4. The van der Waals surface area contributed by atoms with Crippen molar-refractivity contribution in [3.63, 3.8) is 0 Å². The number of carbonyl (C=O) groups excluding carboxylic acids is 1. The minimum atomic E-state index is -0.0397. The predicted molar refractivity (Wildman–Crippen MR) is 128 cm³/mol. The highest BCUT2D eigenvalue weighted by Gasteiger charge is 2.30. The second-order valence-corrected chi connectivity index (χ2v) is 9.68. The third kappa shape index (κ3) is 4.26. The lowest BCUT2D eigenvalue weighted by atomic mass is 10.0. The fourth-order valence-electron chi connectivity index (χ4n) is 4.71. The molecular formula is C23H28Cl2N6O. The zero-order chi connectivity index (χ0) is 22.2. The molecule has 0 radical (unpaired) electrons. The van der Waals surface area contributed by atoms with E-state index in [0.29, 0.717) is 28.7 Å². The Bertz CT molecular complexity index is 1020. The van der Waals surface area contributed by atoms with Gasteiger partial charge in [0.15, 0.2) is 0 Å². The highest BCUT2D eigenvalue weighted by Crippen LogP contribution is 2.32. The van der Waals surface area contributed by atoms with E-state index < -0.39 is 0 Å². The van der Waals surface area contributed by atoms with E-state index in [9.17, 15) is 4.79 Å². The number of benzene rings is 1. The molecule has 4 heterocycles. The topological polar surface area (TPSA) is 55.8 Å². The number of anilines is 2. The van der Waals surface area contributed by atoms with Gasteiger partial charge in [0.2, 0.25) is 5.95 Å². The Labute approximate surface area is 198 Å². The summed E-state index contributed by atoms with van der Waals surface area (Å²) in [6.45, 7) is 7.04. The van der Waals surface area contributed by atoms with Crippen molar-refractivity contribution in [3.05, 3.63) is 45.1 Å². The van der Waals surface area contributed by atoms with Gasteiger partial charge in [0, 0.05) is 63.4 Å². The summed E-state index contributed by atoms with van der Waals surface area (Å²) in [6, 6.07) is 5.06. The minimum absolute atomic E-state index is 0.0397. The molecule has 2 fully saturated rings. The average Bonchev–Trinajstić information content (AvgIpc) is 3.35. The van der Waals surface area contributed by atoms with Crippen LogP contribution in [0.4, 0.5) is 11.8 Å². The first-order valence-corrected chi connectivity index (χ1v) is 12.1. The van der Waals surface area contributed by atoms with Crippen LogP contribution < -0.4 is 9.80 Å². The molecule has 0 atom stereocenters. The minimum Gasteiger partial charge on any atom is -0.354 e. The van der Waals surface area contributed by atoms with Gasteiger partial charge in [-0.25, -0.2) is 4.98 Å². The van der Waals surface area contributed by atoms with Crippen LogP contribution in [-0.2, 0) is 13.0 Å². The molecule has 0 unspecified atom stereocenters. The molecule has 3 aliphatic rings. The van der Waals surface area contributed by atoms with Crippen LogP contribution in [0.2, 0.25) is 10.0 Å². The van der Waals surface area contributed by atoms with Gasteiger partial charge in [0.05, 0.1) is 22.3 Å². The van der Waals surface area contributed by atoms with E-state index in [1.807, 2.05) is 4.90 Å². The fourth-order valence-corrected chi connectivity index (χ4v) is 5.01. The smallest absolute Gasteiger partial charge is 0.254 e. The summed E-state index contributed by atoms with van der Waals surface area (Å²) in [5.41, 5.74) is 2.71. The van der Waals surface area contributed by atoms with Crippen LogP contribution in [-0.4, -0.2) is 78.5 Å². The van der Waals surface area contributed by atoms with Crippen LogP contribution in [0.1, 0.15) is 34.5 Å². The molecule has 170 valence electrons. The van der Waals surface area contributed by atoms with Crippen LogP contribution in [0, 0.1) is 0 Å². The molecule has 1 amide bonds. The first-order chi connectivity index (χ1) is 15.5. The number of nitrogens with zero attached hydrogens (tertiary/aromatic N) is 6. The lowest BCUT2D eigenvalue weighted by molar-refractivity contribution is 0.0733. The maximum atomic E-state index is 13.2. The molecule has 5 rings (SSSR count). The lowest BCUT2D eigenvalue weighted by Crippen LogP contribution is -2.46. The number of hydrogen-bond donors (Lipinski definition) is 0. The van der Waals surface area contributed by atoms with Crippen molar-refractivity contribution in [3.8, 4) is 0 Å². The molecule has 0 bridgehead atoms. The summed E-state index contributed by atoms with van der Waals surface area (Å²) in [6.07, 6.45) is 3.11. The molecular weight excluding hydrogens is 447 g/mol. The van der Waals surface area contributed by atoms with E-state index in [0.717, 1.165) is 68.7 Å². The largest absolute Gasteiger partial charge is 0.354 e. The molecule has 9 heteroatoms. The highest BCUT2D eigenvalue weighted by atomic mass is 35.5. The Morgan fingerprint density at radius 2 is 1.66 bits per heavy atom. The van der Waals surface area contributed by atoms with E-state index in [2.05, 4.69) is 21.7 Å². The Balaban J connectivity index is 1.46. The van der Waals surface area contributed by atoms with Gasteiger partial charge in [0.1, 0.15) is 5.82 Å². The summed E-state index contributed by atoms with van der Waals surface area (Å²) in [7, 11) is 2.15. The van der Waals surface area contributed by atoms with E-state index in [4.69, 9.17) is 33.2 Å². The number of rotatable bonds is 3. The van der Waals surface area contributed by atoms with E-state index in [-0.39, 0.29) is 5.91 Å². The number of hydrogen-bond acceptors (Lipinski definition) is 6. The molecule has 0 N–H and O–H groups in total. The van der Waals surface area contributed by atoms with E-state index in [1.165, 1.54) is 12.8 Å². The van der Waals surface area contributed by atoms with Gasteiger partial charge < -0.3 is 19.6 Å². The molecule has 0 saturated carbocycles. The van der Waals surface area contributed by atoms with Gasteiger partial charge in [0.25, 0.3) is 5.91 Å². The number of amides is 1. The SMILES string of the molecule is CN1CCN(c2nc(N3CCCC3)nc3c2CN(C(=O)c2ccc(Cl)c(Cl)c2)CC3)CC1. The van der Waals surface area contributed by atoms with Crippen molar-refractivity contribution in [2.75, 3.05) is 62.7 Å². The number of fused-ring (bicyclic) bond motifs is 1. The van der Waals surface area contributed by atoms with Gasteiger partial charge in [-0.05, 0) is 38.1 Å². The molecule has 0 spiro atoms. The molecule has 0 aliphatic carbocycles. The van der Waals surface area contributed by atoms with Crippen molar-refractivity contribution >= 4 is 40.9 Å². The number of halogens is 2. The maximum absolute atomic E-state index is 13.2. The zero-order valence-corrected chi connectivity index (χ0v) is 19.9. The molecule has 1 aromatic carbocycles. The Morgan fingerprint density at radius 1 is 0.906 bits per heavy atom. The van der Waals surface area contributed by atoms with Crippen molar-refractivity contribution in [2.24, 2.45) is 0 Å². The Hall–Kier alpha value is -2.09. The molecule has 7 nitrogen and oxygen atoms in total. The van der Waals surface area contributed by atoms with Crippen molar-refractivity contribution < 1.29 is 4.79 Å². The third-order valence-electron chi connectivity index (χ3n) is 6.67. The Morgan fingerprint density at radius 3 is 2.38 bits per heavy atom. The molecule has 32 heavy (non-hydrogen) atoms. The monoisotopic (exact) mass is 474 g/mol. The number of aromatic nitrogens is 2. The summed E-state index contributed by atoms with van der Waals surface area (Å²) >= 11 is 12.2. The lowest BCUT2D eigenvalue weighted by Gasteiger charge is -2.37. The first-order valence-electron chi connectivity index (χ1n) is 11.3. The molecule has 1 aromatic heterocycles. The van der Waals surface area contributed by atoms with Gasteiger partial charge in [-0.1, -0.05) is 23.2 Å². The van der Waals surface area contributed by atoms with Crippen molar-refractivity contribution in [2.45, 2.75) is 25.8 Å². The first kappa shape index (κ1) is 21.7. The number of carbonyl (C=O) groups is 1. The van der Waals surface area contributed by atoms with Gasteiger partial charge in [-0.2, -0.15) is 4.98 Å². The second kappa shape index (κ2) is 9.04. The van der Waals surface area contributed by atoms with Crippen LogP contribution in [0.3, 0.4) is 0 Å². The fraction of sp³-hybridized carbons (Fsp3) is 0.522. The van der Waals surface area contributed by atoms with E-state index >= 15 is 0 Å². The zero-order valence-electron chi connectivity index (χ0n) is 18.4. The van der Waals surface area contributed by atoms with Gasteiger partial charge in [-0.3, -0.25) is 4.79 Å².